The number of carbonyl (C=O) groups is 6. The van der Waals surface area contributed by atoms with Crippen molar-refractivity contribution in [2.75, 3.05) is 77.0 Å². The van der Waals surface area contributed by atoms with Gasteiger partial charge in [-0.25, -0.2) is 19.2 Å². The Labute approximate surface area is 560 Å². The zero-order valence-electron chi connectivity index (χ0n) is 60.6. The summed E-state index contributed by atoms with van der Waals surface area (Å²) < 4.78 is 22.6. The fourth-order valence-electron chi connectivity index (χ4n) is 10.4. The Hall–Kier alpha value is -3.28. The van der Waals surface area contributed by atoms with Crippen molar-refractivity contribution in [3.63, 3.8) is 0 Å². The number of rotatable bonds is 55. The minimum atomic E-state index is -0.797. The molecule has 0 aromatic heterocycles. The fourth-order valence-corrected chi connectivity index (χ4v) is 12.2. The van der Waals surface area contributed by atoms with Gasteiger partial charge < -0.3 is 44.3 Å². The maximum absolute atomic E-state index is 13.7. The summed E-state index contributed by atoms with van der Waals surface area (Å²) in [5, 5.41) is 5.70. The first kappa shape index (κ1) is 86.7. The van der Waals surface area contributed by atoms with E-state index in [4.69, 9.17) is 18.9 Å². The second-order valence-corrected chi connectivity index (χ2v) is 31.7. The smallest absolute Gasteiger partial charge is 0.410 e. The van der Waals surface area contributed by atoms with Crippen LogP contribution in [0.4, 0.5) is 19.2 Å². The van der Waals surface area contributed by atoms with Crippen LogP contribution in [0.15, 0.2) is 0 Å². The maximum atomic E-state index is 13.7. The summed E-state index contributed by atoms with van der Waals surface area (Å²) in [6, 6.07) is 0. The van der Waals surface area contributed by atoms with E-state index < -0.39 is 46.8 Å². The minimum absolute atomic E-state index is 0.146. The molecule has 6 amide bonds. The molecular weight excluding hydrogens is 1170 g/mol. The van der Waals surface area contributed by atoms with Gasteiger partial charge in [0.2, 0.25) is 11.8 Å². The van der Waals surface area contributed by atoms with Crippen molar-refractivity contribution in [2.45, 2.75) is 350 Å². The third kappa shape index (κ3) is 57.4. The Balaban J connectivity index is 5.35. The van der Waals surface area contributed by atoms with Crippen molar-refractivity contribution in [2.24, 2.45) is 0 Å². The molecule has 530 valence electrons. The number of hydrogen-bond acceptors (Lipinski definition) is 12. The summed E-state index contributed by atoms with van der Waals surface area (Å²) in [4.78, 5) is 86.4. The summed E-state index contributed by atoms with van der Waals surface area (Å²) in [5.74, 6) is 0.856. The Morgan fingerprint density at radius 1 is 0.311 bits per heavy atom. The Kier molecular flexibility index (Phi) is 52.1. The van der Waals surface area contributed by atoms with Gasteiger partial charge in [-0.2, -0.15) is 0 Å². The molecule has 0 saturated carbocycles. The topological polar surface area (TPSA) is 176 Å². The van der Waals surface area contributed by atoms with Crippen LogP contribution in [0.1, 0.15) is 328 Å². The van der Waals surface area contributed by atoms with Crippen LogP contribution in [0.5, 0.6) is 0 Å². The van der Waals surface area contributed by atoms with Crippen LogP contribution in [0, 0.1) is 0 Å². The number of nitrogens with one attached hydrogen (secondary N) is 2. The lowest BCUT2D eigenvalue weighted by Gasteiger charge is -2.30. The third-order valence-electron chi connectivity index (χ3n) is 15.2. The van der Waals surface area contributed by atoms with E-state index in [1.165, 1.54) is 208 Å². The van der Waals surface area contributed by atoms with E-state index in [0.717, 1.165) is 25.9 Å². The van der Waals surface area contributed by atoms with Gasteiger partial charge in [-0.3, -0.25) is 14.5 Å². The van der Waals surface area contributed by atoms with Gasteiger partial charge in [0.25, 0.3) is 0 Å². The predicted molar refractivity (Wildman–Crippen MR) is 380 cm³/mol. The van der Waals surface area contributed by atoms with E-state index in [1.54, 1.807) is 82.9 Å². The molecule has 0 spiro atoms. The highest BCUT2D eigenvalue weighted by Crippen LogP contribution is 2.23. The molecular formula is C72H140N6O10S2. The molecule has 0 rings (SSSR count). The highest BCUT2D eigenvalue weighted by molar-refractivity contribution is 8.76. The summed E-state index contributed by atoms with van der Waals surface area (Å²) in [6.45, 7) is 29.6. The molecule has 0 aromatic rings. The van der Waals surface area contributed by atoms with Crippen molar-refractivity contribution in [1.82, 2.24) is 30.2 Å². The molecule has 0 aliphatic carbocycles. The van der Waals surface area contributed by atoms with Gasteiger partial charge in [-0.05, 0) is 122 Å². The SMILES string of the molecule is CCCCCCCCCCCCCCCCCCN(CCCCCCCCCCCCCCCCCC)C(=O)CSSCCNC(=O)CN(CCCN(CCCCN(CCCNC(=O)OC(C)(C)C)C(=O)OC(C)(C)C)C(=O)OC(C)(C)C)C(=O)OC(C)(C)C. The Morgan fingerprint density at radius 2 is 0.600 bits per heavy atom. The van der Waals surface area contributed by atoms with Gasteiger partial charge in [0, 0.05) is 64.7 Å². The molecule has 0 radical (unpaired) electrons. The van der Waals surface area contributed by atoms with Crippen molar-refractivity contribution >= 4 is 57.8 Å². The molecule has 0 unspecified atom stereocenters. The highest BCUT2D eigenvalue weighted by Gasteiger charge is 2.27. The number of amides is 6. The quantitative estimate of drug-likeness (QED) is 0.0335. The highest BCUT2D eigenvalue weighted by atomic mass is 33.1. The molecule has 0 bridgehead atoms. The van der Waals surface area contributed by atoms with Gasteiger partial charge in [0.1, 0.15) is 28.9 Å². The van der Waals surface area contributed by atoms with E-state index in [-0.39, 0.29) is 31.4 Å². The number of carbonyl (C=O) groups excluding carboxylic acids is 6. The van der Waals surface area contributed by atoms with Crippen LogP contribution in [-0.4, -0.2) is 155 Å². The third-order valence-corrected chi connectivity index (χ3v) is 17.5. The lowest BCUT2D eigenvalue weighted by atomic mass is 10.0. The summed E-state index contributed by atoms with van der Waals surface area (Å²) in [7, 11) is 3.11. The van der Waals surface area contributed by atoms with E-state index in [0.29, 0.717) is 69.9 Å². The molecule has 0 aliphatic rings. The molecule has 0 atom stereocenters. The van der Waals surface area contributed by atoms with Crippen LogP contribution in [-0.2, 0) is 28.5 Å². The van der Waals surface area contributed by atoms with Crippen LogP contribution >= 0.6 is 21.6 Å². The van der Waals surface area contributed by atoms with Gasteiger partial charge in [0.15, 0.2) is 0 Å². The van der Waals surface area contributed by atoms with Crippen molar-refractivity contribution in [1.29, 1.82) is 0 Å². The maximum Gasteiger partial charge on any atom is 0.410 e. The van der Waals surface area contributed by atoms with Crippen LogP contribution in [0.3, 0.4) is 0 Å². The lowest BCUT2D eigenvalue weighted by Crippen LogP contribution is -2.45. The molecule has 0 fully saturated rings. The largest absolute Gasteiger partial charge is 0.444 e. The van der Waals surface area contributed by atoms with Crippen molar-refractivity contribution < 1.29 is 47.7 Å². The molecule has 2 N–H and O–H groups in total. The molecule has 90 heavy (non-hydrogen) atoms. The second kappa shape index (κ2) is 54.0. The predicted octanol–water partition coefficient (Wildman–Crippen LogP) is 19.6. The van der Waals surface area contributed by atoms with E-state index in [9.17, 15) is 28.8 Å². The second-order valence-electron chi connectivity index (χ2n) is 29.1. The van der Waals surface area contributed by atoms with Crippen LogP contribution in [0.25, 0.3) is 0 Å². The van der Waals surface area contributed by atoms with Gasteiger partial charge in [-0.15, -0.1) is 0 Å². The number of hydrogen-bond donors (Lipinski definition) is 2. The van der Waals surface area contributed by atoms with E-state index in [1.807, 2.05) is 20.8 Å². The lowest BCUT2D eigenvalue weighted by molar-refractivity contribution is -0.128. The zero-order valence-corrected chi connectivity index (χ0v) is 62.3. The Bertz CT molecular complexity index is 1780. The van der Waals surface area contributed by atoms with Crippen LogP contribution < -0.4 is 10.6 Å². The normalized spacial score (nSPS) is 11.9. The summed E-state index contributed by atoms with van der Waals surface area (Å²) >= 11 is 0. The van der Waals surface area contributed by atoms with Crippen molar-refractivity contribution in [3.05, 3.63) is 0 Å². The standard InChI is InChI=1S/C72H140N6O10S2/c1-15-17-19-21-23-25-27-29-31-33-35-37-39-41-43-45-53-75(54-46-44-42-40-38-36-34-32-30-28-26-24-22-20-18-16-2)64(80)62-90-89-60-52-73-63(79)61-78(68(84)88-72(12,13)14)59-50-58-77(67(83)87-71(9,10)11)56-48-47-55-76(66(82)86-70(6,7)8)57-49-51-74-65(81)85-69(3,4)5/h15-62H2,1-14H3,(H,73,79)(H,74,81). The van der Waals surface area contributed by atoms with Gasteiger partial charge >= 0.3 is 24.4 Å². The molecule has 0 aromatic carbocycles. The first-order valence-corrected chi connectivity index (χ1v) is 38.8. The van der Waals surface area contributed by atoms with Gasteiger partial charge in [-0.1, -0.05) is 228 Å². The minimum Gasteiger partial charge on any atom is -0.444 e. The monoisotopic (exact) mass is 1310 g/mol. The van der Waals surface area contributed by atoms with Crippen LogP contribution in [0.2, 0.25) is 0 Å². The molecule has 18 heteroatoms. The average molecular weight is 1310 g/mol. The van der Waals surface area contributed by atoms with Gasteiger partial charge in [0.05, 0.1) is 5.75 Å². The molecule has 0 heterocycles. The zero-order chi connectivity index (χ0) is 67.4. The first-order valence-electron chi connectivity index (χ1n) is 36.4. The molecule has 0 aliphatic heterocycles. The van der Waals surface area contributed by atoms with E-state index in [2.05, 4.69) is 29.4 Å². The van der Waals surface area contributed by atoms with Crippen molar-refractivity contribution in [3.8, 4) is 0 Å². The number of unbranched alkanes of at least 4 members (excludes halogenated alkanes) is 31. The summed E-state index contributed by atoms with van der Waals surface area (Å²) in [5.41, 5.74) is -2.88. The molecule has 16 nitrogen and oxygen atoms in total. The number of ether oxygens (including phenoxy) is 4. The number of alkyl carbamates (subject to hydrolysis) is 1. The molecule has 0 saturated heterocycles. The van der Waals surface area contributed by atoms with E-state index >= 15 is 0 Å². The fraction of sp³-hybridized carbons (Fsp3) is 0.917. The first-order chi connectivity index (χ1) is 42.7. The summed E-state index contributed by atoms with van der Waals surface area (Å²) in [6.07, 6.45) is 42.3. The average Bonchev–Trinajstić information content (AvgIpc) is 3.07. The Morgan fingerprint density at radius 3 is 0.956 bits per heavy atom. The number of nitrogens with zero attached hydrogens (tertiary/aromatic N) is 4.